The van der Waals surface area contributed by atoms with Gasteiger partial charge in [-0.2, -0.15) is 11.3 Å². The van der Waals surface area contributed by atoms with Gasteiger partial charge in [-0.3, -0.25) is 9.59 Å². The molecule has 0 radical (unpaired) electrons. The van der Waals surface area contributed by atoms with Gasteiger partial charge in [-0.25, -0.2) is 9.37 Å². The van der Waals surface area contributed by atoms with Gasteiger partial charge in [0.2, 0.25) is 11.8 Å². The zero-order chi connectivity index (χ0) is 26.9. The second kappa shape index (κ2) is 10.9. The van der Waals surface area contributed by atoms with Crippen molar-refractivity contribution in [3.8, 4) is 11.6 Å². The second-order valence-corrected chi connectivity index (χ2v) is 11.6. The molecule has 5 nitrogen and oxygen atoms in total. The summed E-state index contributed by atoms with van der Waals surface area (Å²) >= 11 is 8.89. The van der Waals surface area contributed by atoms with Crippen LogP contribution in [-0.2, 0) is 15.1 Å². The summed E-state index contributed by atoms with van der Waals surface area (Å²) in [5.41, 5.74) is 0.624. The van der Waals surface area contributed by atoms with Gasteiger partial charge < -0.3 is 10.1 Å². The van der Waals surface area contributed by atoms with Crippen LogP contribution in [0.15, 0.2) is 82.4 Å². The molecule has 194 valence electrons. The van der Waals surface area contributed by atoms with E-state index in [1.54, 1.807) is 48.5 Å². The first-order chi connectivity index (χ1) is 18.3. The van der Waals surface area contributed by atoms with Gasteiger partial charge in [-0.1, -0.05) is 43.6 Å². The van der Waals surface area contributed by atoms with Gasteiger partial charge >= 0.3 is 0 Å². The number of Topliss-reactive ketones (excluding diaryl/α,β-unsaturated/α-hetero) is 1. The van der Waals surface area contributed by atoms with Crippen molar-refractivity contribution in [2.24, 2.45) is 0 Å². The molecular formula is C29H24ClFN2O3S2. The fourth-order valence-electron chi connectivity index (χ4n) is 4.45. The molecule has 9 heteroatoms. The average molecular weight is 567 g/mol. The minimum atomic E-state index is -1.16. The number of halogens is 2. The number of carbonyl (C=O) groups is 2. The van der Waals surface area contributed by atoms with Crippen molar-refractivity contribution >= 4 is 46.4 Å². The van der Waals surface area contributed by atoms with Crippen LogP contribution >= 0.6 is 34.7 Å². The highest BCUT2D eigenvalue weighted by Crippen LogP contribution is 2.41. The molecule has 0 bridgehead atoms. The van der Waals surface area contributed by atoms with E-state index in [1.165, 1.54) is 17.4 Å². The molecule has 4 aromatic rings. The molecule has 1 aliphatic heterocycles. The molecule has 2 aromatic carbocycles. The van der Waals surface area contributed by atoms with E-state index in [9.17, 15) is 14.0 Å². The van der Waals surface area contributed by atoms with E-state index in [-0.39, 0.29) is 29.8 Å². The van der Waals surface area contributed by atoms with E-state index in [1.807, 2.05) is 36.7 Å². The number of nitrogens with zero attached hydrogens (tertiary/aromatic N) is 1. The molecule has 0 saturated carbocycles. The SMILES string of the molecule is CC(C)c1cc(Oc2cccc(C3(c4ccsc4)CC(=O)C(Sc4ccccc4Cl)C(=O)N3)n2)ccc1F. The normalized spacial score (nSPS) is 19.4. The Hall–Kier alpha value is -3.20. The van der Waals surface area contributed by atoms with Crippen molar-refractivity contribution in [2.75, 3.05) is 0 Å². The molecule has 2 unspecified atom stereocenters. The summed E-state index contributed by atoms with van der Waals surface area (Å²) in [7, 11) is 0. The lowest BCUT2D eigenvalue weighted by atomic mass is 9.79. The average Bonchev–Trinajstić information content (AvgIpc) is 3.44. The molecule has 5 rings (SSSR count). The van der Waals surface area contributed by atoms with Crippen molar-refractivity contribution in [3.63, 3.8) is 0 Å². The lowest BCUT2D eigenvalue weighted by molar-refractivity contribution is -0.133. The third-order valence-electron chi connectivity index (χ3n) is 6.37. The van der Waals surface area contributed by atoms with E-state index < -0.39 is 16.7 Å². The zero-order valence-corrected chi connectivity index (χ0v) is 23.0. The lowest BCUT2D eigenvalue weighted by Crippen LogP contribution is -2.58. The lowest BCUT2D eigenvalue weighted by Gasteiger charge is -2.39. The third kappa shape index (κ3) is 5.21. The van der Waals surface area contributed by atoms with Gasteiger partial charge in [0.1, 0.15) is 22.4 Å². The monoisotopic (exact) mass is 566 g/mol. The minimum Gasteiger partial charge on any atom is -0.439 e. The van der Waals surface area contributed by atoms with Crippen molar-refractivity contribution in [1.29, 1.82) is 0 Å². The van der Waals surface area contributed by atoms with Gasteiger partial charge in [0.25, 0.3) is 0 Å². The number of thiophene rings is 1. The van der Waals surface area contributed by atoms with Crippen molar-refractivity contribution in [2.45, 2.75) is 41.9 Å². The number of carbonyl (C=O) groups excluding carboxylic acids is 2. The van der Waals surface area contributed by atoms with Crippen LogP contribution in [0.1, 0.15) is 43.0 Å². The maximum Gasteiger partial charge on any atom is 0.242 e. The highest BCUT2D eigenvalue weighted by atomic mass is 35.5. The van der Waals surface area contributed by atoms with Crippen LogP contribution in [0.4, 0.5) is 4.39 Å². The summed E-state index contributed by atoms with van der Waals surface area (Å²) < 4.78 is 20.2. The molecule has 2 atom stereocenters. The molecule has 3 heterocycles. The smallest absolute Gasteiger partial charge is 0.242 e. The van der Waals surface area contributed by atoms with E-state index in [0.717, 1.165) is 17.3 Å². The summed E-state index contributed by atoms with van der Waals surface area (Å²) in [5.74, 6) is -0.224. The van der Waals surface area contributed by atoms with Crippen LogP contribution < -0.4 is 10.1 Å². The van der Waals surface area contributed by atoms with Gasteiger partial charge in [0.05, 0.1) is 10.7 Å². The number of thioether (sulfide) groups is 1. The Bertz CT molecular complexity index is 1470. The van der Waals surface area contributed by atoms with Crippen molar-refractivity contribution in [1.82, 2.24) is 10.3 Å². The molecule has 0 aliphatic carbocycles. The number of ketones is 1. The zero-order valence-electron chi connectivity index (χ0n) is 20.6. The summed E-state index contributed by atoms with van der Waals surface area (Å²) in [6.07, 6.45) is 0.0160. The number of hydrogen-bond donors (Lipinski definition) is 1. The summed E-state index contributed by atoms with van der Waals surface area (Å²) in [4.78, 5) is 32.3. The van der Waals surface area contributed by atoms with Crippen LogP contribution in [0.2, 0.25) is 5.02 Å². The standard InChI is InChI=1S/C29H24ClFN2O3S2/c1-17(2)20-14-19(10-11-22(20)31)36-26-9-5-8-25(32-26)29(18-12-13-37-16-18)15-23(34)27(28(35)33-29)38-24-7-4-3-6-21(24)30/h3-14,16-17,27H,15H2,1-2H3,(H,33,35). The Labute approximate surface area is 233 Å². The highest BCUT2D eigenvalue weighted by Gasteiger charge is 2.48. The maximum atomic E-state index is 14.2. The first kappa shape index (κ1) is 26.4. The van der Waals surface area contributed by atoms with Crippen LogP contribution in [-0.4, -0.2) is 21.9 Å². The third-order valence-corrected chi connectivity index (χ3v) is 8.82. The molecule has 2 aromatic heterocycles. The largest absolute Gasteiger partial charge is 0.439 e. The first-order valence-corrected chi connectivity index (χ1v) is 14.2. The van der Waals surface area contributed by atoms with Gasteiger partial charge in [0.15, 0.2) is 5.78 Å². The van der Waals surface area contributed by atoms with Crippen molar-refractivity contribution < 1.29 is 18.7 Å². The molecule has 1 aliphatic rings. The molecule has 38 heavy (non-hydrogen) atoms. The maximum absolute atomic E-state index is 14.2. The summed E-state index contributed by atoms with van der Waals surface area (Å²) in [6.45, 7) is 3.82. The Balaban J connectivity index is 1.47. The van der Waals surface area contributed by atoms with E-state index in [0.29, 0.717) is 26.9 Å². The first-order valence-electron chi connectivity index (χ1n) is 12.0. The van der Waals surface area contributed by atoms with Gasteiger partial charge in [-0.05, 0) is 70.3 Å². The molecule has 1 fully saturated rings. The van der Waals surface area contributed by atoms with Crippen LogP contribution in [0.25, 0.3) is 0 Å². The Kier molecular flexibility index (Phi) is 7.56. The fraction of sp³-hybridized carbons (Fsp3) is 0.207. The van der Waals surface area contributed by atoms with E-state index in [2.05, 4.69) is 5.32 Å². The van der Waals surface area contributed by atoms with Crippen LogP contribution in [0, 0.1) is 5.82 Å². The van der Waals surface area contributed by atoms with Crippen molar-refractivity contribution in [3.05, 3.63) is 105 Å². The number of amides is 1. The fourth-order valence-corrected chi connectivity index (χ4v) is 6.42. The Morgan fingerprint density at radius 3 is 2.66 bits per heavy atom. The topological polar surface area (TPSA) is 68.3 Å². The molecule has 1 amide bonds. The number of benzene rings is 2. The highest BCUT2D eigenvalue weighted by molar-refractivity contribution is 8.01. The van der Waals surface area contributed by atoms with E-state index in [4.69, 9.17) is 21.3 Å². The number of hydrogen-bond acceptors (Lipinski definition) is 6. The predicted octanol–water partition coefficient (Wildman–Crippen LogP) is 7.34. The number of ether oxygens (including phenoxy) is 1. The Morgan fingerprint density at radius 1 is 1.13 bits per heavy atom. The minimum absolute atomic E-state index is 0.0141. The predicted molar refractivity (Wildman–Crippen MR) is 149 cm³/mol. The van der Waals surface area contributed by atoms with Gasteiger partial charge in [-0.15, -0.1) is 11.8 Å². The van der Waals surface area contributed by atoms with Crippen LogP contribution in [0.3, 0.4) is 0 Å². The molecule has 1 N–H and O–H groups in total. The molecule has 0 spiro atoms. The second-order valence-electron chi connectivity index (χ2n) is 9.28. The number of rotatable bonds is 7. The molecule has 1 saturated heterocycles. The number of aromatic nitrogens is 1. The molecular weight excluding hydrogens is 543 g/mol. The summed E-state index contributed by atoms with van der Waals surface area (Å²) in [6, 6.07) is 18.8. The Morgan fingerprint density at radius 2 is 1.95 bits per heavy atom. The quantitative estimate of drug-likeness (QED) is 0.237. The summed E-state index contributed by atoms with van der Waals surface area (Å²) in [5, 5.41) is 6.45. The van der Waals surface area contributed by atoms with Crippen LogP contribution in [0.5, 0.6) is 11.6 Å². The number of piperidine rings is 1. The number of nitrogens with one attached hydrogen (secondary N) is 1. The number of pyridine rings is 1. The van der Waals surface area contributed by atoms with E-state index >= 15 is 0 Å². The van der Waals surface area contributed by atoms with Gasteiger partial charge in [0, 0.05) is 17.4 Å².